The van der Waals surface area contributed by atoms with E-state index in [0.29, 0.717) is 13.1 Å². The molecule has 16 heavy (non-hydrogen) atoms. The second-order valence-electron chi connectivity index (χ2n) is 3.76. The average Bonchev–Trinajstić information content (AvgIpc) is 2.76. The van der Waals surface area contributed by atoms with Crippen LogP contribution in [0.5, 0.6) is 0 Å². The minimum absolute atomic E-state index is 0.464. The molecule has 0 spiro atoms. The van der Waals surface area contributed by atoms with E-state index in [1.165, 1.54) is 0 Å². The smallest absolute Gasteiger partial charge is 0.327 e. The Kier molecular flexibility index (Phi) is 3.09. The van der Waals surface area contributed by atoms with Crippen molar-refractivity contribution in [3.05, 3.63) is 12.4 Å². The van der Waals surface area contributed by atoms with Crippen molar-refractivity contribution in [2.45, 2.75) is 19.5 Å². The maximum Gasteiger partial charge on any atom is 0.327 e. The number of carboxylic acids is 1. The van der Waals surface area contributed by atoms with Crippen LogP contribution in [-0.4, -0.2) is 46.3 Å². The number of hydrogen-bond donors (Lipinski definition) is 2. The van der Waals surface area contributed by atoms with E-state index >= 15 is 0 Å². The van der Waals surface area contributed by atoms with Crippen LogP contribution in [0.4, 0.5) is 5.95 Å². The molecule has 0 aliphatic carbocycles. The second kappa shape index (κ2) is 4.52. The lowest BCUT2D eigenvalue weighted by molar-refractivity contribution is -0.138. The molecule has 0 aromatic carbocycles. The molecule has 88 valence electrons. The van der Waals surface area contributed by atoms with Gasteiger partial charge in [0.2, 0.25) is 5.95 Å². The fourth-order valence-electron chi connectivity index (χ4n) is 1.97. The number of anilines is 1. The van der Waals surface area contributed by atoms with Crippen molar-refractivity contribution in [3.8, 4) is 0 Å². The van der Waals surface area contributed by atoms with Gasteiger partial charge in [0.25, 0.3) is 0 Å². The molecule has 1 atom stereocenters. The van der Waals surface area contributed by atoms with Gasteiger partial charge in [-0.2, -0.15) is 0 Å². The molecule has 0 bridgehead atoms. The first-order valence-electron chi connectivity index (χ1n) is 5.45. The highest BCUT2D eigenvalue weighted by atomic mass is 16.4. The van der Waals surface area contributed by atoms with Crippen LogP contribution in [-0.2, 0) is 11.3 Å². The van der Waals surface area contributed by atoms with Gasteiger partial charge in [0, 0.05) is 38.6 Å². The molecule has 1 fully saturated rings. The summed E-state index contributed by atoms with van der Waals surface area (Å²) < 4.78 is 1.96. The SMILES string of the molecule is CCn1ccnc1N1CCNCC1C(=O)O. The molecule has 1 aromatic rings. The molecule has 6 heteroatoms. The predicted octanol–water partition coefficient (Wildman–Crippen LogP) is -0.234. The van der Waals surface area contributed by atoms with Crippen LogP contribution in [0.2, 0.25) is 0 Å². The molecule has 0 radical (unpaired) electrons. The van der Waals surface area contributed by atoms with Gasteiger partial charge in [-0.25, -0.2) is 9.78 Å². The first kappa shape index (κ1) is 10.9. The Morgan fingerprint density at radius 3 is 3.25 bits per heavy atom. The monoisotopic (exact) mass is 224 g/mol. The molecule has 2 heterocycles. The molecule has 1 aliphatic rings. The zero-order chi connectivity index (χ0) is 11.5. The summed E-state index contributed by atoms with van der Waals surface area (Å²) in [4.78, 5) is 17.2. The molecule has 6 nitrogen and oxygen atoms in total. The molecule has 2 rings (SSSR count). The number of nitrogens with one attached hydrogen (secondary N) is 1. The van der Waals surface area contributed by atoms with Gasteiger partial charge < -0.3 is 19.9 Å². The highest BCUT2D eigenvalue weighted by molar-refractivity contribution is 5.78. The van der Waals surface area contributed by atoms with Gasteiger partial charge in [-0.1, -0.05) is 0 Å². The zero-order valence-electron chi connectivity index (χ0n) is 9.26. The highest BCUT2D eigenvalue weighted by Crippen LogP contribution is 2.16. The lowest BCUT2D eigenvalue weighted by atomic mass is 10.2. The maximum absolute atomic E-state index is 11.1. The van der Waals surface area contributed by atoms with Gasteiger partial charge in [-0.05, 0) is 6.92 Å². The summed E-state index contributed by atoms with van der Waals surface area (Å²) in [6.45, 7) is 4.75. The zero-order valence-corrected chi connectivity index (χ0v) is 9.26. The van der Waals surface area contributed by atoms with Crippen LogP contribution in [0.1, 0.15) is 6.92 Å². The standard InChI is InChI=1S/C10H16N4O2/c1-2-13-5-4-12-10(13)14-6-3-11-7-8(14)9(15)16/h4-5,8,11H,2-3,6-7H2,1H3,(H,15,16). The van der Waals surface area contributed by atoms with Gasteiger partial charge in [-0.3, -0.25) is 0 Å². The summed E-state index contributed by atoms with van der Waals surface area (Å²) in [5.41, 5.74) is 0. The lowest BCUT2D eigenvalue weighted by Crippen LogP contribution is -2.55. The summed E-state index contributed by atoms with van der Waals surface area (Å²) in [5, 5.41) is 12.2. The van der Waals surface area contributed by atoms with E-state index in [-0.39, 0.29) is 0 Å². The van der Waals surface area contributed by atoms with Crippen LogP contribution >= 0.6 is 0 Å². The second-order valence-corrected chi connectivity index (χ2v) is 3.76. The van der Waals surface area contributed by atoms with Gasteiger partial charge in [0.1, 0.15) is 6.04 Å². The van der Waals surface area contributed by atoms with Crippen LogP contribution in [0.3, 0.4) is 0 Å². The Morgan fingerprint density at radius 2 is 2.56 bits per heavy atom. The van der Waals surface area contributed by atoms with Crippen molar-refractivity contribution in [2.75, 3.05) is 24.5 Å². The first-order chi connectivity index (χ1) is 7.74. The number of aryl methyl sites for hydroxylation is 1. The number of carbonyl (C=O) groups is 1. The van der Waals surface area contributed by atoms with Crippen LogP contribution < -0.4 is 10.2 Å². The molecular weight excluding hydrogens is 208 g/mol. The van der Waals surface area contributed by atoms with Gasteiger partial charge in [0.05, 0.1) is 0 Å². The van der Waals surface area contributed by atoms with E-state index in [1.54, 1.807) is 6.20 Å². The van der Waals surface area contributed by atoms with E-state index in [2.05, 4.69) is 10.3 Å². The minimum atomic E-state index is -0.808. The van der Waals surface area contributed by atoms with E-state index in [1.807, 2.05) is 22.6 Å². The van der Waals surface area contributed by atoms with Crippen molar-refractivity contribution in [3.63, 3.8) is 0 Å². The van der Waals surface area contributed by atoms with Crippen LogP contribution in [0, 0.1) is 0 Å². The number of nitrogens with zero attached hydrogens (tertiary/aromatic N) is 3. The third-order valence-corrected chi connectivity index (χ3v) is 2.82. The normalized spacial score (nSPS) is 21.1. The van der Waals surface area contributed by atoms with Crippen molar-refractivity contribution < 1.29 is 9.90 Å². The quantitative estimate of drug-likeness (QED) is 0.742. The number of imidazole rings is 1. The molecule has 1 aromatic heterocycles. The van der Waals surface area contributed by atoms with Gasteiger partial charge in [0.15, 0.2) is 0 Å². The first-order valence-corrected chi connectivity index (χ1v) is 5.45. The topological polar surface area (TPSA) is 70.4 Å². The number of rotatable bonds is 3. The summed E-state index contributed by atoms with van der Waals surface area (Å²) in [6, 6.07) is -0.526. The molecule has 1 unspecified atom stereocenters. The minimum Gasteiger partial charge on any atom is -0.480 e. The Balaban J connectivity index is 2.26. The number of aliphatic carboxylic acids is 1. The summed E-state index contributed by atoms with van der Waals surface area (Å²) in [5.74, 6) is -0.0609. The van der Waals surface area contributed by atoms with Crippen molar-refractivity contribution in [1.29, 1.82) is 0 Å². The van der Waals surface area contributed by atoms with Gasteiger partial charge in [-0.15, -0.1) is 0 Å². The maximum atomic E-state index is 11.1. The Labute approximate surface area is 93.9 Å². The predicted molar refractivity (Wildman–Crippen MR) is 59.5 cm³/mol. The Bertz CT molecular complexity index is 377. The van der Waals surface area contributed by atoms with Gasteiger partial charge >= 0.3 is 5.97 Å². The summed E-state index contributed by atoms with van der Waals surface area (Å²) >= 11 is 0. The number of carboxylic acid groups (broad SMARTS) is 1. The summed E-state index contributed by atoms with van der Waals surface area (Å²) in [7, 11) is 0. The fourth-order valence-corrected chi connectivity index (χ4v) is 1.97. The van der Waals surface area contributed by atoms with Crippen molar-refractivity contribution in [2.24, 2.45) is 0 Å². The van der Waals surface area contributed by atoms with Crippen molar-refractivity contribution in [1.82, 2.24) is 14.9 Å². The van der Waals surface area contributed by atoms with E-state index in [0.717, 1.165) is 19.0 Å². The Hall–Kier alpha value is -1.56. The lowest BCUT2D eigenvalue weighted by Gasteiger charge is -2.34. The largest absolute Gasteiger partial charge is 0.480 e. The van der Waals surface area contributed by atoms with E-state index < -0.39 is 12.0 Å². The molecule has 0 saturated carbocycles. The Morgan fingerprint density at radius 1 is 1.75 bits per heavy atom. The van der Waals surface area contributed by atoms with E-state index in [4.69, 9.17) is 5.11 Å². The molecule has 2 N–H and O–H groups in total. The molecule has 1 aliphatic heterocycles. The molecule has 0 amide bonds. The highest BCUT2D eigenvalue weighted by Gasteiger charge is 2.30. The van der Waals surface area contributed by atoms with Crippen LogP contribution in [0.15, 0.2) is 12.4 Å². The van der Waals surface area contributed by atoms with E-state index in [9.17, 15) is 4.79 Å². The summed E-state index contributed by atoms with van der Waals surface area (Å²) in [6.07, 6.45) is 3.58. The number of hydrogen-bond acceptors (Lipinski definition) is 4. The van der Waals surface area contributed by atoms with Crippen molar-refractivity contribution >= 4 is 11.9 Å². The third kappa shape index (κ3) is 1.88. The van der Waals surface area contributed by atoms with Crippen LogP contribution in [0.25, 0.3) is 0 Å². The molecule has 1 saturated heterocycles. The average molecular weight is 224 g/mol. The number of piperazine rings is 1. The molecular formula is C10H16N4O2. The fraction of sp³-hybridized carbons (Fsp3) is 0.600. The number of aromatic nitrogens is 2. The third-order valence-electron chi connectivity index (χ3n) is 2.82.